The van der Waals surface area contributed by atoms with Gasteiger partial charge in [0.15, 0.2) is 0 Å². The maximum absolute atomic E-state index is 12.6. The quantitative estimate of drug-likeness (QED) is 0.805. The first-order valence-corrected chi connectivity index (χ1v) is 10.2. The summed E-state index contributed by atoms with van der Waals surface area (Å²) >= 11 is 0. The van der Waals surface area contributed by atoms with E-state index in [2.05, 4.69) is 22.3 Å². The van der Waals surface area contributed by atoms with Crippen molar-refractivity contribution in [1.82, 2.24) is 15.1 Å². The number of fused-ring (bicyclic) bond motifs is 1. The Kier molecular flexibility index (Phi) is 5.55. The third kappa shape index (κ3) is 3.86. The van der Waals surface area contributed by atoms with E-state index < -0.39 is 11.4 Å². The van der Waals surface area contributed by atoms with Crippen molar-refractivity contribution < 1.29 is 19.4 Å². The molecule has 4 rings (SSSR count). The van der Waals surface area contributed by atoms with Crippen molar-refractivity contribution in [3.63, 3.8) is 0 Å². The number of hydrogen-bond donors (Lipinski definition) is 2. The number of nitrogens with zero attached hydrogens (tertiary/aromatic N) is 2. The van der Waals surface area contributed by atoms with Crippen LogP contribution in [0.2, 0.25) is 0 Å². The maximum atomic E-state index is 12.6. The van der Waals surface area contributed by atoms with Gasteiger partial charge in [-0.3, -0.25) is 9.69 Å². The molecule has 1 aromatic carbocycles. The number of carboxylic acid groups (broad SMARTS) is 1. The summed E-state index contributed by atoms with van der Waals surface area (Å²) in [4.78, 5) is 28.4. The molecule has 152 valence electrons. The van der Waals surface area contributed by atoms with E-state index in [-0.39, 0.29) is 18.1 Å². The second-order valence-corrected chi connectivity index (χ2v) is 8.33. The van der Waals surface area contributed by atoms with Crippen LogP contribution in [0, 0.1) is 11.3 Å². The van der Waals surface area contributed by atoms with Crippen molar-refractivity contribution in [3.05, 3.63) is 35.9 Å². The van der Waals surface area contributed by atoms with Crippen LogP contribution in [0.3, 0.4) is 0 Å². The molecule has 2 heterocycles. The predicted molar refractivity (Wildman–Crippen MR) is 104 cm³/mol. The molecular formula is C21H29N3O4. The predicted octanol–water partition coefficient (Wildman–Crippen LogP) is 1.78. The first kappa shape index (κ1) is 19.2. The molecule has 2 N–H and O–H groups in total. The lowest BCUT2D eigenvalue weighted by atomic mass is 9.81. The van der Waals surface area contributed by atoms with Gasteiger partial charge in [0.25, 0.3) is 0 Å². The van der Waals surface area contributed by atoms with Gasteiger partial charge in [0.05, 0.1) is 18.1 Å². The molecule has 0 aromatic heterocycles. The summed E-state index contributed by atoms with van der Waals surface area (Å²) in [5.74, 6) is -0.666. The average Bonchev–Trinajstić information content (AvgIpc) is 3.26. The third-order valence-corrected chi connectivity index (χ3v) is 6.54. The van der Waals surface area contributed by atoms with E-state index in [0.717, 1.165) is 32.5 Å². The van der Waals surface area contributed by atoms with Crippen molar-refractivity contribution in [2.75, 3.05) is 39.3 Å². The van der Waals surface area contributed by atoms with Crippen LogP contribution >= 0.6 is 0 Å². The number of hydrogen-bond acceptors (Lipinski definition) is 4. The number of likely N-dealkylation sites (tertiary alicyclic amines) is 1. The van der Waals surface area contributed by atoms with Gasteiger partial charge in [-0.2, -0.15) is 0 Å². The van der Waals surface area contributed by atoms with E-state index >= 15 is 0 Å². The number of carboxylic acids is 1. The van der Waals surface area contributed by atoms with Crippen LogP contribution in [0.25, 0.3) is 0 Å². The molecule has 1 unspecified atom stereocenters. The Morgan fingerprint density at radius 3 is 2.82 bits per heavy atom. The van der Waals surface area contributed by atoms with Gasteiger partial charge in [-0.15, -0.1) is 0 Å². The number of nitrogens with one attached hydrogen (secondary N) is 1. The van der Waals surface area contributed by atoms with Crippen LogP contribution in [-0.4, -0.2) is 72.3 Å². The summed E-state index contributed by atoms with van der Waals surface area (Å²) in [5.41, 5.74) is 0.542. The van der Waals surface area contributed by atoms with Gasteiger partial charge in [0, 0.05) is 39.3 Å². The molecule has 28 heavy (non-hydrogen) atoms. The van der Waals surface area contributed by atoms with Crippen LogP contribution in [-0.2, 0) is 16.1 Å². The number of urea groups is 1. The Morgan fingerprint density at radius 2 is 2.07 bits per heavy atom. The molecule has 7 heteroatoms. The van der Waals surface area contributed by atoms with Crippen molar-refractivity contribution in [2.24, 2.45) is 11.3 Å². The van der Waals surface area contributed by atoms with Crippen molar-refractivity contribution in [1.29, 1.82) is 0 Å². The minimum Gasteiger partial charge on any atom is -0.481 e. The van der Waals surface area contributed by atoms with Gasteiger partial charge in [0.1, 0.15) is 0 Å². The number of aliphatic carboxylic acids is 1. The van der Waals surface area contributed by atoms with Gasteiger partial charge < -0.3 is 20.1 Å². The van der Waals surface area contributed by atoms with Crippen LogP contribution in [0.5, 0.6) is 0 Å². The highest BCUT2D eigenvalue weighted by molar-refractivity contribution is 5.80. The lowest BCUT2D eigenvalue weighted by Gasteiger charge is -2.33. The SMILES string of the molecule is O=C(NCC1CN(Cc2ccccc2)CCO1)N1C[C@@H]2CCC[C@@]2(C(=O)O)C1. The largest absolute Gasteiger partial charge is 0.481 e. The molecule has 2 saturated heterocycles. The van der Waals surface area contributed by atoms with Gasteiger partial charge in [0.2, 0.25) is 0 Å². The summed E-state index contributed by atoms with van der Waals surface area (Å²) in [6.07, 6.45) is 2.48. The molecule has 1 aliphatic carbocycles. The third-order valence-electron chi connectivity index (χ3n) is 6.54. The normalized spacial score (nSPS) is 30.2. The van der Waals surface area contributed by atoms with Crippen LogP contribution in [0.1, 0.15) is 24.8 Å². The van der Waals surface area contributed by atoms with Crippen molar-refractivity contribution >= 4 is 12.0 Å². The number of ether oxygens (including phenoxy) is 1. The number of carbonyl (C=O) groups excluding carboxylic acids is 1. The zero-order valence-corrected chi connectivity index (χ0v) is 16.2. The molecule has 2 aliphatic heterocycles. The van der Waals surface area contributed by atoms with E-state index in [1.54, 1.807) is 4.90 Å². The molecule has 0 spiro atoms. The van der Waals surface area contributed by atoms with E-state index in [9.17, 15) is 14.7 Å². The maximum Gasteiger partial charge on any atom is 0.317 e. The number of carbonyl (C=O) groups is 2. The van der Waals surface area contributed by atoms with Crippen LogP contribution < -0.4 is 5.32 Å². The van der Waals surface area contributed by atoms with Gasteiger partial charge in [-0.25, -0.2) is 4.79 Å². The van der Waals surface area contributed by atoms with E-state index in [0.29, 0.717) is 32.7 Å². The summed E-state index contributed by atoms with van der Waals surface area (Å²) < 4.78 is 5.82. The Morgan fingerprint density at radius 1 is 1.25 bits per heavy atom. The second kappa shape index (κ2) is 8.09. The van der Waals surface area contributed by atoms with E-state index in [1.807, 2.05) is 18.2 Å². The Labute approximate surface area is 165 Å². The summed E-state index contributed by atoms with van der Waals surface area (Å²) in [6, 6.07) is 10.2. The highest BCUT2D eigenvalue weighted by Crippen LogP contribution is 2.48. The van der Waals surface area contributed by atoms with Crippen LogP contribution in [0.15, 0.2) is 30.3 Å². The van der Waals surface area contributed by atoms with Gasteiger partial charge in [-0.1, -0.05) is 36.8 Å². The number of rotatable bonds is 5. The molecule has 3 atom stereocenters. The minimum absolute atomic E-state index is 0.0445. The molecule has 1 aromatic rings. The van der Waals surface area contributed by atoms with E-state index in [4.69, 9.17) is 4.74 Å². The molecule has 3 fully saturated rings. The zero-order chi connectivity index (χ0) is 19.6. The van der Waals surface area contributed by atoms with Crippen molar-refractivity contribution in [3.8, 4) is 0 Å². The number of amides is 2. The second-order valence-electron chi connectivity index (χ2n) is 8.33. The summed E-state index contributed by atoms with van der Waals surface area (Å²) in [5, 5.41) is 12.6. The Hall–Kier alpha value is -2.12. The number of benzene rings is 1. The molecule has 3 aliphatic rings. The summed E-state index contributed by atoms with van der Waals surface area (Å²) in [7, 11) is 0. The first-order chi connectivity index (χ1) is 13.6. The minimum atomic E-state index is -0.752. The Balaban J connectivity index is 1.26. The molecule has 1 saturated carbocycles. The average molecular weight is 387 g/mol. The first-order valence-electron chi connectivity index (χ1n) is 10.2. The molecule has 0 radical (unpaired) electrons. The van der Waals surface area contributed by atoms with Gasteiger partial charge in [-0.05, 0) is 24.3 Å². The molecule has 7 nitrogen and oxygen atoms in total. The lowest BCUT2D eigenvalue weighted by Crippen LogP contribution is -2.49. The summed E-state index contributed by atoms with van der Waals surface area (Å²) in [6.45, 7) is 4.51. The van der Waals surface area contributed by atoms with Crippen molar-refractivity contribution in [2.45, 2.75) is 31.9 Å². The fraction of sp³-hybridized carbons (Fsp3) is 0.619. The highest BCUT2D eigenvalue weighted by Gasteiger charge is 2.55. The highest BCUT2D eigenvalue weighted by atomic mass is 16.5. The monoisotopic (exact) mass is 387 g/mol. The lowest BCUT2D eigenvalue weighted by molar-refractivity contribution is -0.149. The fourth-order valence-electron chi connectivity index (χ4n) is 5.00. The molecule has 0 bridgehead atoms. The van der Waals surface area contributed by atoms with E-state index in [1.165, 1.54) is 5.56 Å². The fourth-order valence-corrected chi connectivity index (χ4v) is 5.00. The number of morpholine rings is 1. The molecular weight excluding hydrogens is 358 g/mol. The topological polar surface area (TPSA) is 82.1 Å². The smallest absolute Gasteiger partial charge is 0.317 e. The molecule has 2 amide bonds. The zero-order valence-electron chi connectivity index (χ0n) is 16.2. The van der Waals surface area contributed by atoms with Crippen LogP contribution in [0.4, 0.5) is 4.79 Å². The Bertz CT molecular complexity index is 713. The standard InChI is InChI=1S/C21H29N3O4/c25-19(26)21-8-4-7-17(21)13-24(15-21)20(27)22-11-18-14-23(9-10-28-18)12-16-5-2-1-3-6-16/h1-3,5-6,17-18H,4,7-15H2,(H,22,27)(H,25,26)/t17-,18?,21+/m0/s1. The van der Waals surface area contributed by atoms with Gasteiger partial charge >= 0.3 is 12.0 Å².